The quantitative estimate of drug-likeness (QED) is 0.168. The highest BCUT2D eigenvalue weighted by atomic mass is 15.0. The molecule has 3 aromatic heterocycles. The van der Waals surface area contributed by atoms with E-state index in [1.165, 1.54) is 87.7 Å². The van der Waals surface area contributed by atoms with E-state index >= 15 is 0 Å². The largest absolute Gasteiger partial charge is 0.309 e. The van der Waals surface area contributed by atoms with Gasteiger partial charge in [-0.15, -0.1) is 0 Å². The third kappa shape index (κ3) is 4.79. The van der Waals surface area contributed by atoms with Crippen molar-refractivity contribution in [1.82, 2.24) is 13.7 Å². The van der Waals surface area contributed by atoms with Gasteiger partial charge < -0.3 is 13.7 Å². The van der Waals surface area contributed by atoms with Crippen LogP contribution in [0.4, 0.5) is 0 Å². The molecule has 0 saturated carbocycles. The van der Waals surface area contributed by atoms with E-state index < -0.39 is 0 Å². The molecule has 0 N–H and O–H groups in total. The molecule has 0 aliphatic carbocycles. The van der Waals surface area contributed by atoms with E-state index in [2.05, 4.69) is 226 Å². The Kier molecular flexibility index (Phi) is 6.93. The Morgan fingerprint density at radius 1 is 0.228 bits per heavy atom. The summed E-state index contributed by atoms with van der Waals surface area (Å²) >= 11 is 0. The summed E-state index contributed by atoms with van der Waals surface area (Å²) in [5.41, 5.74) is 15.4. The van der Waals surface area contributed by atoms with E-state index in [-0.39, 0.29) is 0 Å². The van der Waals surface area contributed by atoms with E-state index in [1.54, 1.807) is 0 Å². The molecule has 0 bridgehead atoms. The van der Waals surface area contributed by atoms with Gasteiger partial charge in [-0.05, 0) is 95.6 Å². The third-order valence-corrected chi connectivity index (χ3v) is 11.8. The first-order valence-electron chi connectivity index (χ1n) is 19.6. The van der Waals surface area contributed by atoms with Crippen LogP contribution in [-0.2, 0) is 0 Å². The molecule has 12 aromatic rings. The summed E-state index contributed by atoms with van der Waals surface area (Å²) in [5, 5.41) is 7.55. The number of aromatic nitrogens is 3. The van der Waals surface area contributed by atoms with E-state index in [4.69, 9.17) is 0 Å². The minimum absolute atomic E-state index is 1.15. The van der Waals surface area contributed by atoms with Gasteiger partial charge in [0.05, 0.1) is 33.1 Å². The molecule has 12 rings (SSSR count). The van der Waals surface area contributed by atoms with Crippen LogP contribution in [0.15, 0.2) is 212 Å². The predicted octanol–water partition coefficient (Wildman–Crippen LogP) is 14.3. The fourth-order valence-corrected chi connectivity index (χ4v) is 9.32. The van der Waals surface area contributed by atoms with Crippen LogP contribution in [0, 0.1) is 0 Å². The van der Waals surface area contributed by atoms with Gasteiger partial charge in [-0.1, -0.05) is 133 Å². The lowest BCUT2D eigenvalue weighted by Gasteiger charge is -2.15. The molecule has 0 spiro atoms. The molecule has 0 atom stereocenters. The van der Waals surface area contributed by atoms with Crippen LogP contribution in [0.3, 0.4) is 0 Å². The van der Waals surface area contributed by atoms with Gasteiger partial charge >= 0.3 is 0 Å². The Labute approximate surface area is 329 Å². The van der Waals surface area contributed by atoms with Crippen LogP contribution in [0.2, 0.25) is 0 Å². The lowest BCUT2D eigenvalue weighted by atomic mass is 9.95. The molecule has 0 unspecified atom stereocenters. The summed E-state index contributed by atoms with van der Waals surface area (Å²) in [6.45, 7) is 0. The number of hydrogen-bond donors (Lipinski definition) is 0. The fraction of sp³-hybridized carbons (Fsp3) is 0. The zero-order valence-corrected chi connectivity index (χ0v) is 31.0. The molecular weight excluding hydrogens is 691 g/mol. The van der Waals surface area contributed by atoms with Gasteiger partial charge in [-0.2, -0.15) is 0 Å². The van der Waals surface area contributed by atoms with Gasteiger partial charge in [0.15, 0.2) is 0 Å². The van der Waals surface area contributed by atoms with E-state index in [9.17, 15) is 0 Å². The highest BCUT2D eigenvalue weighted by molar-refractivity contribution is 6.16. The molecule has 0 aliphatic heterocycles. The van der Waals surface area contributed by atoms with E-state index in [0.717, 1.165) is 17.1 Å². The minimum atomic E-state index is 1.15. The van der Waals surface area contributed by atoms with Crippen molar-refractivity contribution >= 4 is 65.4 Å². The summed E-state index contributed by atoms with van der Waals surface area (Å²) in [6, 6.07) is 77.5. The maximum Gasteiger partial charge on any atom is 0.0619 e. The summed E-state index contributed by atoms with van der Waals surface area (Å²) in [6.07, 6.45) is 0. The number of nitrogens with zero attached hydrogens (tertiary/aromatic N) is 3. The molecular formula is C54H35N3. The SMILES string of the molecule is c1ccc(-n2c3ccccc3c3cc(-c4ccc(-n5c6ccccc6c6ccccc65)cc4)cc(-c4ccc(-n5c6ccccc6c6ccccc65)cc4)c32)cc1. The molecule has 266 valence electrons. The summed E-state index contributed by atoms with van der Waals surface area (Å²) in [4.78, 5) is 0. The molecule has 0 amide bonds. The Balaban J connectivity index is 1.06. The monoisotopic (exact) mass is 725 g/mol. The minimum Gasteiger partial charge on any atom is -0.309 e. The van der Waals surface area contributed by atoms with Gasteiger partial charge in [0.25, 0.3) is 0 Å². The van der Waals surface area contributed by atoms with Crippen LogP contribution in [0.1, 0.15) is 0 Å². The first-order chi connectivity index (χ1) is 28.3. The molecule has 0 aliphatic rings. The van der Waals surface area contributed by atoms with Crippen LogP contribution in [0.25, 0.3) is 105 Å². The van der Waals surface area contributed by atoms with Gasteiger partial charge in [0, 0.05) is 54.9 Å². The lowest BCUT2D eigenvalue weighted by Crippen LogP contribution is -1.97. The number of rotatable bonds is 5. The van der Waals surface area contributed by atoms with Crippen molar-refractivity contribution in [2.75, 3.05) is 0 Å². The zero-order chi connectivity index (χ0) is 37.5. The average Bonchev–Trinajstić information content (AvgIpc) is 3.93. The molecule has 0 saturated heterocycles. The molecule has 57 heavy (non-hydrogen) atoms. The smallest absolute Gasteiger partial charge is 0.0619 e. The normalized spacial score (nSPS) is 11.9. The molecule has 0 radical (unpaired) electrons. The average molecular weight is 726 g/mol. The van der Waals surface area contributed by atoms with Crippen LogP contribution in [-0.4, -0.2) is 13.7 Å². The maximum atomic E-state index is 2.44. The lowest BCUT2D eigenvalue weighted by molar-refractivity contribution is 1.17. The van der Waals surface area contributed by atoms with E-state index in [1.807, 2.05) is 0 Å². The second kappa shape index (κ2) is 12.5. The van der Waals surface area contributed by atoms with Crippen LogP contribution < -0.4 is 0 Å². The Hall–Kier alpha value is -7.62. The molecule has 3 heteroatoms. The van der Waals surface area contributed by atoms with E-state index in [0.29, 0.717) is 0 Å². The maximum absolute atomic E-state index is 2.44. The fourth-order valence-electron chi connectivity index (χ4n) is 9.32. The van der Waals surface area contributed by atoms with Crippen molar-refractivity contribution in [3.8, 4) is 39.3 Å². The standard InChI is InChI=1S/C54H35N3/c1-2-14-39(15-3-1)57-53-25-13-8-20-46(53)48-35-38(36-26-30-40(31-27-36)55-49-21-9-4-16-42(49)43-17-5-10-22-50(43)55)34-47(54(48)57)37-28-32-41(33-29-37)56-51-23-11-6-18-44(51)45-19-7-12-24-52(45)56/h1-35H. The highest BCUT2D eigenvalue weighted by Crippen LogP contribution is 2.42. The number of para-hydroxylation sites is 6. The summed E-state index contributed by atoms with van der Waals surface area (Å²) in [7, 11) is 0. The van der Waals surface area contributed by atoms with Gasteiger partial charge in [-0.3, -0.25) is 0 Å². The van der Waals surface area contributed by atoms with Crippen molar-refractivity contribution in [2.24, 2.45) is 0 Å². The second-order valence-corrected chi connectivity index (χ2v) is 14.9. The predicted molar refractivity (Wildman–Crippen MR) is 240 cm³/mol. The Bertz CT molecular complexity index is 3380. The first kappa shape index (κ1) is 31.7. The first-order valence-corrected chi connectivity index (χ1v) is 19.6. The Morgan fingerprint density at radius 3 is 1.04 bits per heavy atom. The topological polar surface area (TPSA) is 14.8 Å². The number of benzene rings is 9. The molecule has 3 nitrogen and oxygen atoms in total. The molecule has 3 heterocycles. The second-order valence-electron chi connectivity index (χ2n) is 14.9. The van der Waals surface area contributed by atoms with Crippen molar-refractivity contribution in [1.29, 1.82) is 0 Å². The summed E-state index contributed by atoms with van der Waals surface area (Å²) in [5.74, 6) is 0. The Morgan fingerprint density at radius 2 is 0.579 bits per heavy atom. The van der Waals surface area contributed by atoms with Crippen LogP contribution in [0.5, 0.6) is 0 Å². The summed E-state index contributed by atoms with van der Waals surface area (Å²) < 4.78 is 7.21. The number of fused-ring (bicyclic) bond motifs is 9. The van der Waals surface area contributed by atoms with Gasteiger partial charge in [-0.25, -0.2) is 0 Å². The van der Waals surface area contributed by atoms with Crippen molar-refractivity contribution in [3.05, 3.63) is 212 Å². The highest BCUT2D eigenvalue weighted by Gasteiger charge is 2.20. The van der Waals surface area contributed by atoms with Crippen molar-refractivity contribution in [2.45, 2.75) is 0 Å². The van der Waals surface area contributed by atoms with Gasteiger partial charge in [0.2, 0.25) is 0 Å². The van der Waals surface area contributed by atoms with Crippen LogP contribution >= 0.6 is 0 Å². The molecule has 0 fully saturated rings. The van der Waals surface area contributed by atoms with Crippen molar-refractivity contribution < 1.29 is 0 Å². The number of hydrogen-bond acceptors (Lipinski definition) is 0. The zero-order valence-electron chi connectivity index (χ0n) is 31.0. The van der Waals surface area contributed by atoms with Crippen molar-refractivity contribution in [3.63, 3.8) is 0 Å². The molecule has 9 aromatic carbocycles. The van der Waals surface area contributed by atoms with Gasteiger partial charge in [0.1, 0.15) is 0 Å². The third-order valence-electron chi connectivity index (χ3n) is 11.8.